The average molecular weight is 264 g/mol. The fraction of sp³-hybridized carbons (Fsp3) is 0.214. The van der Waals surface area contributed by atoms with Crippen LogP contribution in [-0.2, 0) is 11.2 Å². The maximum atomic E-state index is 10.9. The first-order valence-corrected chi connectivity index (χ1v) is 6.13. The van der Waals surface area contributed by atoms with Gasteiger partial charge >= 0.3 is 5.97 Å². The second-order valence-corrected chi connectivity index (χ2v) is 4.56. The number of halogens is 1. The van der Waals surface area contributed by atoms with E-state index in [9.17, 15) is 4.79 Å². The predicted octanol–water partition coefficient (Wildman–Crippen LogP) is 3.87. The molecule has 0 bridgehead atoms. The summed E-state index contributed by atoms with van der Waals surface area (Å²) in [7, 11) is 0. The van der Waals surface area contributed by atoms with E-state index in [2.05, 4.69) is 11.9 Å². The molecule has 2 rings (SSSR count). The first kappa shape index (κ1) is 12.7. The van der Waals surface area contributed by atoms with Crippen LogP contribution in [0.3, 0.4) is 0 Å². The van der Waals surface area contributed by atoms with Gasteiger partial charge in [-0.3, -0.25) is 0 Å². The largest absolute Gasteiger partial charge is 0.478 e. The fourth-order valence-corrected chi connectivity index (χ4v) is 2.23. The van der Waals surface area contributed by atoms with Crippen molar-refractivity contribution in [2.75, 3.05) is 0 Å². The fourth-order valence-electron chi connectivity index (χ4n) is 1.98. The molecule has 1 aromatic heterocycles. The maximum absolute atomic E-state index is 10.9. The summed E-state index contributed by atoms with van der Waals surface area (Å²) in [5, 5.41) is 10.4. The highest BCUT2D eigenvalue weighted by Crippen LogP contribution is 2.30. The first-order valence-electron chi connectivity index (χ1n) is 5.75. The Morgan fingerprint density at radius 2 is 2.22 bits per heavy atom. The highest BCUT2D eigenvalue weighted by atomic mass is 35.5. The van der Waals surface area contributed by atoms with Crippen LogP contribution in [0.2, 0.25) is 5.15 Å². The topological polar surface area (TPSA) is 53.1 Å². The summed E-state index contributed by atoms with van der Waals surface area (Å²) in [6.07, 6.45) is 2.50. The van der Waals surface area contributed by atoms with Gasteiger partial charge in [0.15, 0.2) is 0 Å². The summed E-state index contributed by atoms with van der Waals surface area (Å²) in [5.74, 6) is -0.938. The molecule has 0 fully saturated rings. The van der Waals surface area contributed by atoms with Gasteiger partial charge in [-0.25, -0.2) is 4.79 Å². The van der Waals surface area contributed by atoms with Crippen LogP contribution in [0, 0.1) is 0 Å². The molecular formula is C14H14ClNO2. The molecule has 3 nitrogen and oxygen atoms in total. The number of carbonyl (C=O) groups is 1. The van der Waals surface area contributed by atoms with Gasteiger partial charge < -0.3 is 10.1 Å². The smallest absolute Gasteiger partial charge is 0.331 e. The molecule has 0 aliphatic heterocycles. The van der Waals surface area contributed by atoms with Crippen LogP contribution in [0.1, 0.15) is 25.0 Å². The summed E-state index contributed by atoms with van der Waals surface area (Å²) in [4.78, 5) is 14.0. The molecule has 1 aromatic carbocycles. The van der Waals surface area contributed by atoms with E-state index in [1.807, 2.05) is 18.2 Å². The number of carboxylic acid groups (broad SMARTS) is 1. The quantitative estimate of drug-likeness (QED) is 0.826. The van der Waals surface area contributed by atoms with Gasteiger partial charge in [-0.2, -0.15) is 0 Å². The third-order valence-electron chi connectivity index (χ3n) is 2.99. The number of benzene rings is 1. The van der Waals surface area contributed by atoms with Crippen molar-refractivity contribution in [3.63, 3.8) is 0 Å². The molecule has 94 valence electrons. The Hall–Kier alpha value is -1.74. The van der Waals surface area contributed by atoms with E-state index in [1.165, 1.54) is 5.56 Å². The summed E-state index contributed by atoms with van der Waals surface area (Å²) < 4.78 is 0. The minimum Gasteiger partial charge on any atom is -0.478 e. The third-order valence-corrected chi connectivity index (χ3v) is 3.29. The average Bonchev–Trinajstić information content (AvgIpc) is 2.65. The van der Waals surface area contributed by atoms with E-state index in [0.717, 1.165) is 22.9 Å². The molecule has 0 aliphatic carbocycles. The molecule has 4 heteroatoms. The van der Waals surface area contributed by atoms with Gasteiger partial charge in [0.1, 0.15) is 5.15 Å². The molecule has 18 heavy (non-hydrogen) atoms. The highest BCUT2D eigenvalue weighted by molar-refractivity contribution is 6.33. The molecule has 0 radical (unpaired) electrons. The molecule has 0 amide bonds. The van der Waals surface area contributed by atoms with E-state index in [0.29, 0.717) is 5.15 Å². The number of aliphatic carboxylic acids is 1. The summed E-state index contributed by atoms with van der Waals surface area (Å²) in [5.41, 5.74) is 3.15. The standard InChI is InChI=1S/C14H14ClNO2/c1-3-9-5-4-6-10-11(7-8(2)14(17)18)13(15)16-12(9)10/h4-7,16H,3H2,1-2H3,(H,17,18)/b8-7+. The minimum atomic E-state index is -0.938. The summed E-state index contributed by atoms with van der Waals surface area (Å²) in [6, 6.07) is 5.93. The number of aromatic nitrogens is 1. The SMILES string of the molecule is CCc1cccc2c(/C=C(\C)C(=O)O)c(Cl)[nH]c12. The number of rotatable bonds is 3. The van der Waals surface area contributed by atoms with Crippen molar-refractivity contribution in [1.82, 2.24) is 4.98 Å². The highest BCUT2D eigenvalue weighted by Gasteiger charge is 2.11. The van der Waals surface area contributed by atoms with Crippen molar-refractivity contribution in [2.45, 2.75) is 20.3 Å². The molecular weight excluding hydrogens is 250 g/mol. The van der Waals surface area contributed by atoms with Crippen LogP contribution in [0.15, 0.2) is 23.8 Å². The number of carboxylic acids is 1. The second kappa shape index (κ2) is 4.86. The molecule has 2 aromatic rings. The monoisotopic (exact) mass is 263 g/mol. The number of fused-ring (bicyclic) bond motifs is 1. The Balaban J connectivity index is 2.69. The Bertz CT molecular complexity index is 641. The van der Waals surface area contributed by atoms with Gasteiger partial charge in [-0.15, -0.1) is 0 Å². The Kier molecular flexibility index (Phi) is 3.43. The van der Waals surface area contributed by atoms with E-state index < -0.39 is 5.97 Å². The van der Waals surface area contributed by atoms with Crippen LogP contribution in [0.25, 0.3) is 17.0 Å². The van der Waals surface area contributed by atoms with Crippen LogP contribution >= 0.6 is 11.6 Å². The van der Waals surface area contributed by atoms with Crippen LogP contribution in [0.5, 0.6) is 0 Å². The lowest BCUT2D eigenvalue weighted by Gasteiger charge is -1.99. The lowest BCUT2D eigenvalue weighted by molar-refractivity contribution is -0.132. The number of hydrogen-bond donors (Lipinski definition) is 2. The van der Waals surface area contributed by atoms with E-state index >= 15 is 0 Å². The van der Waals surface area contributed by atoms with Crippen LogP contribution < -0.4 is 0 Å². The van der Waals surface area contributed by atoms with Crippen molar-refractivity contribution < 1.29 is 9.90 Å². The van der Waals surface area contributed by atoms with Gasteiger partial charge in [0, 0.05) is 16.5 Å². The zero-order chi connectivity index (χ0) is 13.3. The van der Waals surface area contributed by atoms with Crippen LogP contribution in [0.4, 0.5) is 0 Å². The van der Waals surface area contributed by atoms with E-state index in [1.54, 1.807) is 13.0 Å². The van der Waals surface area contributed by atoms with Gasteiger partial charge in [0.05, 0.1) is 5.52 Å². The minimum absolute atomic E-state index is 0.264. The van der Waals surface area contributed by atoms with E-state index in [-0.39, 0.29) is 5.57 Å². The van der Waals surface area contributed by atoms with Gasteiger partial charge in [0.2, 0.25) is 0 Å². The molecule has 0 atom stereocenters. The number of aryl methyl sites for hydroxylation is 1. The molecule has 0 spiro atoms. The van der Waals surface area contributed by atoms with Crippen LogP contribution in [-0.4, -0.2) is 16.1 Å². The summed E-state index contributed by atoms with van der Waals surface area (Å²) in [6.45, 7) is 3.63. The molecule has 2 N–H and O–H groups in total. The predicted molar refractivity (Wildman–Crippen MR) is 74.0 cm³/mol. The lowest BCUT2D eigenvalue weighted by atomic mass is 10.1. The first-order chi connectivity index (χ1) is 8.54. The van der Waals surface area contributed by atoms with Crippen molar-refractivity contribution in [3.8, 4) is 0 Å². The lowest BCUT2D eigenvalue weighted by Crippen LogP contribution is -1.95. The maximum Gasteiger partial charge on any atom is 0.331 e. The molecule has 1 heterocycles. The number of nitrogens with one attached hydrogen (secondary N) is 1. The number of para-hydroxylation sites is 1. The van der Waals surface area contributed by atoms with Crippen molar-refractivity contribution in [3.05, 3.63) is 40.1 Å². The Morgan fingerprint density at radius 1 is 1.50 bits per heavy atom. The van der Waals surface area contributed by atoms with Crippen molar-refractivity contribution in [2.24, 2.45) is 0 Å². The normalized spacial score (nSPS) is 12.1. The number of H-pyrrole nitrogens is 1. The van der Waals surface area contributed by atoms with Crippen molar-refractivity contribution in [1.29, 1.82) is 0 Å². The number of hydrogen-bond acceptors (Lipinski definition) is 1. The van der Waals surface area contributed by atoms with Crippen molar-refractivity contribution >= 4 is 34.5 Å². The van der Waals surface area contributed by atoms with Gasteiger partial charge in [0.25, 0.3) is 0 Å². The Labute approximate surface area is 110 Å². The zero-order valence-corrected chi connectivity index (χ0v) is 11.0. The molecule has 0 saturated heterocycles. The second-order valence-electron chi connectivity index (χ2n) is 4.18. The van der Waals surface area contributed by atoms with E-state index in [4.69, 9.17) is 16.7 Å². The zero-order valence-electron chi connectivity index (χ0n) is 10.2. The number of aromatic amines is 1. The molecule has 0 unspecified atom stereocenters. The van der Waals surface area contributed by atoms with Gasteiger partial charge in [-0.1, -0.05) is 36.7 Å². The molecule has 0 aliphatic rings. The third kappa shape index (κ3) is 2.14. The molecule has 0 saturated carbocycles. The Morgan fingerprint density at radius 3 is 2.83 bits per heavy atom. The van der Waals surface area contributed by atoms with Gasteiger partial charge in [-0.05, 0) is 25.0 Å². The summed E-state index contributed by atoms with van der Waals surface area (Å²) >= 11 is 6.15.